The highest BCUT2D eigenvalue weighted by atomic mass is 32.2. The van der Waals surface area contributed by atoms with Gasteiger partial charge in [-0.25, -0.2) is 8.42 Å². The zero-order chi connectivity index (χ0) is 15.7. The van der Waals surface area contributed by atoms with Gasteiger partial charge in [0.25, 0.3) is 5.91 Å². The summed E-state index contributed by atoms with van der Waals surface area (Å²) in [6.07, 6.45) is 3.14. The van der Waals surface area contributed by atoms with Crippen LogP contribution < -0.4 is 0 Å². The van der Waals surface area contributed by atoms with E-state index in [9.17, 15) is 13.2 Å². The van der Waals surface area contributed by atoms with E-state index in [2.05, 4.69) is 6.07 Å². The average molecular weight is 335 g/mol. The summed E-state index contributed by atoms with van der Waals surface area (Å²) in [6.45, 7) is 0.745. The first-order valence-electron chi connectivity index (χ1n) is 7.11. The summed E-state index contributed by atoms with van der Waals surface area (Å²) in [5, 5.41) is 2.03. The van der Waals surface area contributed by atoms with Crippen LogP contribution in [0.5, 0.6) is 0 Å². The molecule has 3 rings (SSSR count). The van der Waals surface area contributed by atoms with Crippen LogP contribution in [-0.2, 0) is 9.84 Å². The number of benzene rings is 1. The maximum Gasteiger partial charge on any atom is 0.254 e. The molecule has 116 valence electrons. The Hall–Kier alpha value is -1.66. The van der Waals surface area contributed by atoms with Gasteiger partial charge in [-0.3, -0.25) is 4.79 Å². The molecule has 4 nitrogen and oxygen atoms in total. The van der Waals surface area contributed by atoms with E-state index in [-0.39, 0.29) is 16.8 Å². The number of carbonyl (C=O) groups excluding carboxylic acids is 1. The van der Waals surface area contributed by atoms with Gasteiger partial charge in [0.1, 0.15) is 0 Å². The Morgan fingerprint density at radius 3 is 2.55 bits per heavy atom. The zero-order valence-corrected chi connectivity index (χ0v) is 13.9. The van der Waals surface area contributed by atoms with E-state index in [0.29, 0.717) is 5.56 Å². The maximum absolute atomic E-state index is 12.7. The molecule has 22 heavy (non-hydrogen) atoms. The van der Waals surface area contributed by atoms with Gasteiger partial charge < -0.3 is 4.90 Å². The van der Waals surface area contributed by atoms with E-state index in [1.54, 1.807) is 23.5 Å². The average Bonchev–Trinajstić information content (AvgIpc) is 3.16. The molecule has 1 fully saturated rings. The third-order valence-electron chi connectivity index (χ3n) is 3.91. The van der Waals surface area contributed by atoms with Gasteiger partial charge in [0, 0.05) is 23.2 Å². The van der Waals surface area contributed by atoms with E-state index in [1.165, 1.54) is 17.0 Å². The first kappa shape index (κ1) is 15.2. The van der Waals surface area contributed by atoms with Crippen molar-refractivity contribution in [3.63, 3.8) is 0 Å². The highest BCUT2D eigenvalue weighted by Crippen LogP contribution is 2.35. The molecule has 1 aromatic carbocycles. The second-order valence-electron chi connectivity index (χ2n) is 5.47. The predicted molar refractivity (Wildman–Crippen MR) is 86.9 cm³/mol. The minimum Gasteiger partial charge on any atom is -0.331 e. The second-order valence-corrected chi connectivity index (χ2v) is 8.46. The van der Waals surface area contributed by atoms with Crippen LogP contribution in [0.2, 0.25) is 0 Å². The standard InChI is InChI=1S/C16H17NO3S2/c1-22(19,20)13-8-6-12(7-9-13)16(18)17-10-2-4-14(17)15-5-3-11-21-15/h3,5-9,11,14H,2,4,10H2,1H3/t14-/m0/s1. The fourth-order valence-corrected chi connectivity index (χ4v) is 4.30. The van der Waals surface area contributed by atoms with Crippen molar-refractivity contribution in [1.29, 1.82) is 0 Å². The summed E-state index contributed by atoms with van der Waals surface area (Å²) in [4.78, 5) is 16.0. The lowest BCUT2D eigenvalue weighted by Crippen LogP contribution is -2.30. The number of nitrogens with zero attached hydrogens (tertiary/aromatic N) is 1. The molecule has 0 radical (unpaired) electrons. The number of carbonyl (C=O) groups is 1. The van der Waals surface area contributed by atoms with Gasteiger partial charge in [0.15, 0.2) is 9.84 Å². The molecule has 0 bridgehead atoms. The molecule has 1 aromatic heterocycles. The molecule has 0 aliphatic carbocycles. The Kier molecular flexibility index (Phi) is 4.06. The SMILES string of the molecule is CS(=O)(=O)c1ccc(C(=O)N2CCC[C@H]2c2cccs2)cc1. The smallest absolute Gasteiger partial charge is 0.254 e. The topological polar surface area (TPSA) is 54.5 Å². The molecule has 0 saturated carbocycles. The van der Waals surface area contributed by atoms with Crippen LogP contribution in [0.3, 0.4) is 0 Å². The van der Waals surface area contributed by atoms with Crippen molar-refractivity contribution in [1.82, 2.24) is 4.90 Å². The predicted octanol–water partition coefficient (Wildman–Crippen LogP) is 3.13. The Bertz CT molecular complexity index is 764. The number of hydrogen-bond acceptors (Lipinski definition) is 4. The van der Waals surface area contributed by atoms with Crippen LogP contribution in [0.4, 0.5) is 0 Å². The van der Waals surface area contributed by atoms with Gasteiger partial charge in [0.2, 0.25) is 0 Å². The molecular formula is C16H17NO3S2. The molecule has 6 heteroatoms. The highest BCUT2D eigenvalue weighted by molar-refractivity contribution is 7.90. The Labute approximate surface area is 134 Å². The van der Waals surface area contributed by atoms with Gasteiger partial charge in [-0.05, 0) is 48.6 Å². The van der Waals surface area contributed by atoms with Gasteiger partial charge in [0.05, 0.1) is 10.9 Å². The van der Waals surface area contributed by atoms with Gasteiger partial charge in [-0.15, -0.1) is 11.3 Å². The lowest BCUT2D eigenvalue weighted by atomic mass is 10.1. The maximum atomic E-state index is 12.7. The molecule has 2 aromatic rings. The molecule has 0 unspecified atom stereocenters. The molecule has 1 saturated heterocycles. The van der Waals surface area contributed by atoms with E-state index < -0.39 is 9.84 Å². The quantitative estimate of drug-likeness (QED) is 0.866. The fraction of sp³-hybridized carbons (Fsp3) is 0.312. The third-order valence-corrected chi connectivity index (χ3v) is 6.02. The summed E-state index contributed by atoms with van der Waals surface area (Å²) in [6, 6.07) is 10.4. The Morgan fingerprint density at radius 2 is 1.95 bits per heavy atom. The normalized spacial score (nSPS) is 18.6. The zero-order valence-electron chi connectivity index (χ0n) is 12.2. The van der Waals surface area contributed by atoms with Crippen LogP contribution in [0.1, 0.15) is 34.1 Å². The van der Waals surface area contributed by atoms with Crippen LogP contribution in [0.15, 0.2) is 46.7 Å². The third kappa shape index (κ3) is 2.94. The van der Waals surface area contributed by atoms with Crippen LogP contribution in [-0.4, -0.2) is 32.0 Å². The van der Waals surface area contributed by atoms with E-state index in [4.69, 9.17) is 0 Å². The van der Waals surface area contributed by atoms with Gasteiger partial charge >= 0.3 is 0 Å². The first-order chi connectivity index (χ1) is 10.5. The first-order valence-corrected chi connectivity index (χ1v) is 9.88. The van der Waals surface area contributed by atoms with Gasteiger partial charge in [-0.2, -0.15) is 0 Å². The summed E-state index contributed by atoms with van der Waals surface area (Å²) < 4.78 is 23.0. The molecule has 1 atom stereocenters. The highest BCUT2D eigenvalue weighted by Gasteiger charge is 2.31. The second kappa shape index (κ2) is 5.85. The van der Waals surface area contributed by atoms with E-state index >= 15 is 0 Å². The van der Waals surface area contributed by atoms with Crippen molar-refractivity contribution >= 4 is 27.1 Å². The molecule has 1 aliphatic heterocycles. The molecule has 1 aliphatic rings. The summed E-state index contributed by atoms with van der Waals surface area (Å²) in [7, 11) is -3.23. The van der Waals surface area contributed by atoms with Crippen LogP contribution in [0.25, 0.3) is 0 Å². The van der Waals surface area contributed by atoms with Crippen molar-refractivity contribution < 1.29 is 13.2 Å². The lowest BCUT2D eigenvalue weighted by molar-refractivity contribution is 0.0738. The molecule has 0 spiro atoms. The minimum absolute atomic E-state index is 0.0315. The lowest BCUT2D eigenvalue weighted by Gasteiger charge is -2.24. The molecular weight excluding hydrogens is 318 g/mol. The monoisotopic (exact) mass is 335 g/mol. The van der Waals surface area contributed by atoms with Crippen LogP contribution in [0, 0.1) is 0 Å². The Morgan fingerprint density at radius 1 is 1.23 bits per heavy atom. The fourth-order valence-electron chi connectivity index (χ4n) is 2.80. The largest absolute Gasteiger partial charge is 0.331 e. The van der Waals surface area contributed by atoms with Crippen molar-refractivity contribution in [3.05, 3.63) is 52.2 Å². The number of amides is 1. The number of likely N-dealkylation sites (tertiary alicyclic amines) is 1. The molecule has 0 N–H and O–H groups in total. The number of thiophene rings is 1. The van der Waals surface area contributed by atoms with Crippen molar-refractivity contribution in [3.8, 4) is 0 Å². The van der Waals surface area contributed by atoms with E-state index in [0.717, 1.165) is 25.6 Å². The number of hydrogen-bond donors (Lipinski definition) is 0. The van der Waals surface area contributed by atoms with E-state index in [1.807, 2.05) is 16.3 Å². The number of rotatable bonds is 3. The summed E-state index contributed by atoms with van der Waals surface area (Å²) >= 11 is 1.67. The van der Waals surface area contributed by atoms with Gasteiger partial charge in [-0.1, -0.05) is 6.07 Å². The van der Waals surface area contributed by atoms with Crippen molar-refractivity contribution in [2.24, 2.45) is 0 Å². The number of sulfone groups is 1. The molecule has 2 heterocycles. The minimum atomic E-state index is -3.23. The van der Waals surface area contributed by atoms with Crippen molar-refractivity contribution in [2.45, 2.75) is 23.8 Å². The Balaban J connectivity index is 1.84. The van der Waals surface area contributed by atoms with Crippen LogP contribution >= 0.6 is 11.3 Å². The van der Waals surface area contributed by atoms with Crippen molar-refractivity contribution in [2.75, 3.05) is 12.8 Å². The summed E-state index contributed by atoms with van der Waals surface area (Å²) in [5.74, 6) is -0.0315. The molecule has 1 amide bonds. The summed E-state index contributed by atoms with van der Waals surface area (Å²) in [5.41, 5.74) is 0.538.